The number of rotatable bonds is 11. The summed E-state index contributed by atoms with van der Waals surface area (Å²) in [7, 11) is 0. The molecule has 0 spiro atoms. The number of fused-ring (bicyclic) bond motifs is 2. The number of aryl methyl sites for hydroxylation is 7. The van der Waals surface area contributed by atoms with Crippen LogP contribution in [0.2, 0.25) is 0 Å². The predicted octanol–water partition coefficient (Wildman–Crippen LogP) is 20.2. The van der Waals surface area contributed by atoms with E-state index in [1.54, 1.807) is 6.20 Å². The first-order chi connectivity index (χ1) is 42.6. The molecule has 11 rings (SSSR count). The number of aliphatic hydroxyl groups is 2. The van der Waals surface area contributed by atoms with Crippen LogP contribution in [0.25, 0.3) is 78.0 Å². The fourth-order valence-electron chi connectivity index (χ4n) is 9.92. The largest absolute Gasteiger partial charge is 0.512 e. The molecule has 11 heteroatoms. The van der Waals surface area contributed by atoms with Crippen molar-refractivity contribution >= 4 is 33.4 Å². The number of pyridine rings is 4. The van der Waals surface area contributed by atoms with Crippen LogP contribution in [-0.4, -0.2) is 41.7 Å². The molecule has 2 N–H and O–H groups in total. The van der Waals surface area contributed by atoms with Gasteiger partial charge in [0.2, 0.25) is 0 Å². The Morgan fingerprint density at radius 2 is 1.00 bits per heavy atom. The van der Waals surface area contributed by atoms with Crippen LogP contribution in [0.4, 0.5) is 0 Å². The Balaban J connectivity index is 0.000000300. The minimum atomic E-state index is -0.125. The van der Waals surface area contributed by atoms with Gasteiger partial charge < -0.3 is 20.2 Å². The molecule has 0 aliphatic carbocycles. The molecule has 7 aromatic carbocycles. The molecule has 0 atom stereocenters. The molecule has 0 aliphatic rings. The Morgan fingerprint density at radius 3 is 1.49 bits per heavy atom. The number of hydrogen-bond acceptors (Lipinski definition) is 8. The van der Waals surface area contributed by atoms with E-state index in [0.29, 0.717) is 5.92 Å². The van der Waals surface area contributed by atoms with E-state index in [0.717, 1.165) is 86.5 Å². The standard InChI is InChI=1S/C21H22N.C20H20N.C19H16N.C11H8N.2C5H8O2.3Ir/c1-14(2)10-17-6-5-7-21-19(17)8-9-20(22-21)18-12-15(3)11-16(4)13-18;1-4-5-16-6-7-17-8-9-19(21-20(17)13-16)18-11-14(2)10-15(3)12-18;1-14-10-15(2)12-18(11-14)17-8-9-20-19(13-17)16-6-4-3-5-7-16;1-2-6-10(7-3-1)11-8-4-5-9-12-11;2*1-4(6)3-5(2)7;;;/h5-9,11-12,14H,10H2,1-4H3;6-11,13H,4-5H2,1-3H3;3-6,8-13H,1-2H3;1-6,8-9H;2*3,6H,1-2H3;;;/q4*-1;;;;;. The molecule has 0 bridgehead atoms. The van der Waals surface area contributed by atoms with Crippen LogP contribution in [0, 0.1) is 71.7 Å². The zero-order valence-electron chi connectivity index (χ0n) is 54.8. The molecule has 4 heterocycles. The molecule has 0 saturated carbocycles. The molecule has 0 unspecified atom stereocenters. The molecule has 3 radical (unpaired) electrons. The summed E-state index contributed by atoms with van der Waals surface area (Å²) in [6.07, 6.45) is 9.35. The van der Waals surface area contributed by atoms with E-state index in [1.165, 1.54) is 95.1 Å². The average Bonchev–Trinajstić information content (AvgIpc) is 0.996. The Morgan fingerprint density at radius 1 is 0.478 bits per heavy atom. The SMILES string of the molecule is CC(=O)C=C(C)O.CC(=O)C=C(C)O.CCCc1ccc2ccc(-c3[c-]c(C)cc(C)c3)nc2c1.Cc1[c-]c(-c2ccc3c(CC(C)C)cccc3n2)cc(C)c1.Cc1cc(C)cc(-c2ccnc(-c3[c-]cccc3)c2)c1.[Ir].[Ir].[Ir].[c-]1ccccc1-c1ccccn1. The molecule has 481 valence electrons. The van der Waals surface area contributed by atoms with Crippen molar-refractivity contribution in [3.05, 3.63) is 287 Å². The molecular weight excluding hydrogens is 1670 g/mol. The summed E-state index contributed by atoms with van der Waals surface area (Å²) in [5, 5.41) is 19.2. The fourth-order valence-corrected chi connectivity index (χ4v) is 9.92. The molecule has 8 nitrogen and oxygen atoms in total. The molecule has 0 fully saturated rings. The number of hydrogen-bond donors (Lipinski definition) is 2. The Bertz CT molecular complexity index is 4040. The summed E-state index contributed by atoms with van der Waals surface area (Å²) in [5.74, 6) is 0.526. The summed E-state index contributed by atoms with van der Waals surface area (Å²) in [6, 6.07) is 75.8. The first-order valence-corrected chi connectivity index (χ1v) is 30.1. The van der Waals surface area contributed by atoms with Gasteiger partial charge in [0.05, 0.1) is 22.6 Å². The van der Waals surface area contributed by atoms with E-state index in [-0.39, 0.29) is 83.4 Å². The number of aromatic nitrogens is 4. The van der Waals surface area contributed by atoms with Crippen LogP contribution in [0.3, 0.4) is 0 Å². The number of ketones is 2. The van der Waals surface area contributed by atoms with Crippen molar-refractivity contribution in [2.75, 3.05) is 0 Å². The number of benzene rings is 7. The van der Waals surface area contributed by atoms with Gasteiger partial charge >= 0.3 is 0 Å². The smallest absolute Gasteiger partial charge is 0.155 e. The molecule has 0 amide bonds. The second kappa shape index (κ2) is 40.1. The first-order valence-electron chi connectivity index (χ1n) is 30.1. The van der Waals surface area contributed by atoms with E-state index in [2.05, 4.69) is 212 Å². The maximum atomic E-state index is 10.0. The van der Waals surface area contributed by atoms with E-state index in [9.17, 15) is 9.59 Å². The van der Waals surface area contributed by atoms with Gasteiger partial charge in [-0.1, -0.05) is 151 Å². The minimum Gasteiger partial charge on any atom is -0.512 e. The number of aliphatic hydroxyl groups excluding tert-OH is 2. The second-order valence-electron chi connectivity index (χ2n) is 22.6. The molecular formula is C81H82Ir3N4O4-4. The molecule has 11 aromatic rings. The summed E-state index contributed by atoms with van der Waals surface area (Å²) in [4.78, 5) is 38.4. The fraction of sp³-hybridized carbons (Fsp3) is 0.210. The van der Waals surface area contributed by atoms with E-state index in [4.69, 9.17) is 20.2 Å². The van der Waals surface area contributed by atoms with Crippen LogP contribution in [-0.2, 0) is 82.7 Å². The molecule has 0 saturated heterocycles. The predicted molar refractivity (Wildman–Crippen MR) is 370 cm³/mol. The second-order valence-corrected chi connectivity index (χ2v) is 22.6. The minimum absolute atomic E-state index is 0. The Kier molecular flexibility index (Phi) is 34.1. The normalized spacial score (nSPS) is 10.5. The number of allylic oxidation sites excluding steroid dienone is 4. The van der Waals surface area contributed by atoms with E-state index in [1.807, 2.05) is 72.9 Å². The van der Waals surface area contributed by atoms with Gasteiger partial charge in [0.15, 0.2) is 11.6 Å². The molecule has 92 heavy (non-hydrogen) atoms. The topological polar surface area (TPSA) is 126 Å². The maximum absolute atomic E-state index is 10.0. The number of nitrogens with zero attached hydrogens (tertiary/aromatic N) is 4. The summed E-state index contributed by atoms with van der Waals surface area (Å²) >= 11 is 0. The molecule has 0 aliphatic heterocycles. The van der Waals surface area contributed by atoms with Crippen LogP contribution >= 0.6 is 0 Å². The average molecular weight is 1750 g/mol. The Hall–Kier alpha value is -7.97. The number of carbonyl (C=O) groups excluding carboxylic acids is 2. The van der Waals surface area contributed by atoms with Gasteiger partial charge in [0, 0.05) is 90.2 Å². The van der Waals surface area contributed by atoms with Gasteiger partial charge in [0.1, 0.15) is 0 Å². The van der Waals surface area contributed by atoms with E-state index < -0.39 is 0 Å². The van der Waals surface area contributed by atoms with Gasteiger partial charge in [-0.25, -0.2) is 0 Å². The summed E-state index contributed by atoms with van der Waals surface area (Å²) in [5.41, 5.74) is 22.9. The van der Waals surface area contributed by atoms with Crippen molar-refractivity contribution in [3.63, 3.8) is 0 Å². The van der Waals surface area contributed by atoms with Crippen molar-refractivity contribution < 1.29 is 80.1 Å². The van der Waals surface area contributed by atoms with Gasteiger partial charge in [0.25, 0.3) is 0 Å². The van der Waals surface area contributed by atoms with Crippen molar-refractivity contribution in [2.45, 2.75) is 109 Å². The van der Waals surface area contributed by atoms with E-state index >= 15 is 0 Å². The Labute approximate surface area is 587 Å². The molecule has 4 aromatic heterocycles. The van der Waals surface area contributed by atoms with Crippen LogP contribution in [0.5, 0.6) is 0 Å². The van der Waals surface area contributed by atoms with Crippen LogP contribution in [0.1, 0.15) is 99.4 Å². The number of carbonyl (C=O) groups is 2. The first kappa shape index (κ1) is 78.3. The third-order valence-corrected chi connectivity index (χ3v) is 13.4. The zero-order valence-corrected chi connectivity index (χ0v) is 62.0. The zero-order chi connectivity index (χ0) is 64.4. The van der Waals surface area contributed by atoms with Gasteiger partial charge in [-0.3, -0.25) is 19.6 Å². The van der Waals surface area contributed by atoms with Gasteiger partial charge in [-0.2, -0.15) is 0 Å². The van der Waals surface area contributed by atoms with Crippen molar-refractivity contribution in [1.82, 2.24) is 19.9 Å². The van der Waals surface area contributed by atoms with Crippen molar-refractivity contribution in [3.8, 4) is 56.2 Å². The third kappa shape index (κ3) is 26.7. The van der Waals surface area contributed by atoms with Crippen molar-refractivity contribution in [2.24, 2.45) is 5.92 Å². The maximum Gasteiger partial charge on any atom is 0.155 e. The summed E-state index contributed by atoms with van der Waals surface area (Å²) < 4.78 is 0. The quantitative estimate of drug-likeness (QED) is 0.0745. The van der Waals surface area contributed by atoms with Gasteiger partial charge in [-0.05, 0) is 135 Å². The van der Waals surface area contributed by atoms with Gasteiger partial charge in [-0.15, -0.1) is 142 Å². The third-order valence-electron chi connectivity index (χ3n) is 13.4. The monoisotopic (exact) mass is 1750 g/mol. The van der Waals surface area contributed by atoms with Crippen LogP contribution < -0.4 is 0 Å². The van der Waals surface area contributed by atoms with Crippen LogP contribution in [0.15, 0.2) is 218 Å². The summed E-state index contributed by atoms with van der Waals surface area (Å²) in [6.45, 7) is 25.1. The van der Waals surface area contributed by atoms with Crippen molar-refractivity contribution in [1.29, 1.82) is 0 Å².